The maximum absolute atomic E-state index is 11.9. The molecule has 0 saturated heterocycles. The summed E-state index contributed by atoms with van der Waals surface area (Å²) in [6.07, 6.45) is 0.426. The third kappa shape index (κ3) is 3.34. The van der Waals surface area contributed by atoms with Crippen molar-refractivity contribution in [2.45, 2.75) is 38.8 Å². The molecule has 0 aliphatic rings. The molecule has 0 aliphatic heterocycles. The lowest BCUT2D eigenvalue weighted by Gasteiger charge is -2.28. The normalized spacial score (nSPS) is 11.1. The summed E-state index contributed by atoms with van der Waals surface area (Å²) in [5, 5.41) is 13.8. The zero-order chi connectivity index (χ0) is 15.3. The Balaban J connectivity index is 2.92. The molecule has 1 aromatic heterocycles. The van der Waals surface area contributed by atoms with Gasteiger partial charge in [-0.3, -0.25) is 19.5 Å². The van der Waals surface area contributed by atoms with Gasteiger partial charge in [-0.25, -0.2) is 9.48 Å². The number of aromatic nitrogens is 2. The first-order valence-electron chi connectivity index (χ1n) is 6.19. The number of H-pyrrole nitrogens is 1. The molecule has 0 bridgehead atoms. The Labute approximate surface area is 114 Å². The Kier molecular flexibility index (Phi) is 4.84. The van der Waals surface area contributed by atoms with Crippen LogP contribution in [0.25, 0.3) is 0 Å². The molecule has 1 amide bonds. The van der Waals surface area contributed by atoms with Crippen molar-refractivity contribution >= 4 is 11.9 Å². The van der Waals surface area contributed by atoms with Gasteiger partial charge in [-0.1, -0.05) is 13.8 Å². The molecule has 1 heterocycles. The van der Waals surface area contributed by atoms with Crippen LogP contribution in [-0.4, -0.2) is 32.3 Å². The van der Waals surface area contributed by atoms with Crippen LogP contribution in [0.4, 0.5) is 0 Å². The minimum Gasteiger partial charge on any atom is -0.480 e. The summed E-state index contributed by atoms with van der Waals surface area (Å²) in [6, 6.07) is 2.09. The van der Waals surface area contributed by atoms with E-state index in [4.69, 9.17) is 0 Å². The first kappa shape index (κ1) is 15.7. The predicted molar refractivity (Wildman–Crippen MR) is 70.4 cm³/mol. The second-order valence-electron chi connectivity index (χ2n) is 4.38. The summed E-state index contributed by atoms with van der Waals surface area (Å²) in [4.78, 5) is 45.6. The van der Waals surface area contributed by atoms with Crippen LogP contribution in [0.1, 0.15) is 26.7 Å². The third-order valence-electron chi connectivity index (χ3n) is 3.19. The molecule has 110 valence electrons. The molecule has 0 fully saturated rings. The van der Waals surface area contributed by atoms with Gasteiger partial charge in [-0.2, -0.15) is 0 Å². The van der Waals surface area contributed by atoms with Crippen LogP contribution in [0.5, 0.6) is 0 Å². The van der Waals surface area contributed by atoms with E-state index in [0.29, 0.717) is 0 Å². The average molecular weight is 283 g/mol. The van der Waals surface area contributed by atoms with Crippen molar-refractivity contribution in [1.82, 2.24) is 15.1 Å². The van der Waals surface area contributed by atoms with E-state index in [0.717, 1.165) is 16.8 Å². The van der Waals surface area contributed by atoms with Crippen molar-refractivity contribution in [3.63, 3.8) is 0 Å². The highest BCUT2D eigenvalue weighted by molar-refractivity contribution is 5.86. The zero-order valence-corrected chi connectivity index (χ0v) is 11.3. The van der Waals surface area contributed by atoms with Crippen molar-refractivity contribution in [2.24, 2.45) is 0 Å². The number of aromatic amines is 1. The molecule has 1 aromatic rings. The van der Waals surface area contributed by atoms with Gasteiger partial charge in [-0.05, 0) is 12.8 Å². The first-order chi connectivity index (χ1) is 9.34. The molecule has 0 spiro atoms. The highest BCUT2D eigenvalue weighted by Gasteiger charge is 2.36. The number of hydrogen-bond donors (Lipinski definition) is 3. The smallest absolute Gasteiger partial charge is 0.329 e. The van der Waals surface area contributed by atoms with Crippen molar-refractivity contribution in [3.8, 4) is 0 Å². The second kappa shape index (κ2) is 6.18. The number of rotatable bonds is 6. The van der Waals surface area contributed by atoms with Gasteiger partial charge < -0.3 is 10.4 Å². The fourth-order valence-electron chi connectivity index (χ4n) is 1.81. The molecule has 0 atom stereocenters. The zero-order valence-electron chi connectivity index (χ0n) is 11.3. The molecule has 0 radical (unpaired) electrons. The van der Waals surface area contributed by atoms with Crippen LogP contribution in [0.2, 0.25) is 0 Å². The largest absolute Gasteiger partial charge is 0.480 e. The van der Waals surface area contributed by atoms with Gasteiger partial charge in [0, 0.05) is 12.1 Å². The van der Waals surface area contributed by atoms with Crippen LogP contribution >= 0.6 is 0 Å². The molecule has 0 aromatic carbocycles. The summed E-state index contributed by atoms with van der Waals surface area (Å²) in [6.45, 7) is 2.85. The molecule has 1 rings (SSSR count). The van der Waals surface area contributed by atoms with E-state index in [1.165, 1.54) is 0 Å². The van der Waals surface area contributed by atoms with Gasteiger partial charge >= 0.3 is 5.97 Å². The van der Waals surface area contributed by atoms with Crippen LogP contribution in [0.15, 0.2) is 21.7 Å². The molecular weight excluding hydrogens is 266 g/mol. The number of nitrogens with one attached hydrogen (secondary N) is 2. The number of carbonyl (C=O) groups excluding carboxylic acids is 1. The topological polar surface area (TPSA) is 121 Å². The molecule has 0 unspecified atom stereocenters. The van der Waals surface area contributed by atoms with Gasteiger partial charge in [0.2, 0.25) is 5.91 Å². The number of carboxylic acids is 1. The van der Waals surface area contributed by atoms with Crippen LogP contribution in [-0.2, 0) is 16.1 Å². The number of amides is 1. The standard InChI is InChI=1S/C12H17N3O5/c1-3-12(4-2,11(19)20)13-9(17)7-15-10(18)6-5-8(16)14-15/h5-6H,3-4,7H2,1-2H3,(H,13,17)(H,14,16)(H,19,20). The summed E-state index contributed by atoms with van der Waals surface area (Å²) < 4.78 is 0.829. The van der Waals surface area contributed by atoms with Crippen LogP contribution in [0, 0.1) is 0 Å². The van der Waals surface area contributed by atoms with Gasteiger partial charge in [0.15, 0.2) is 0 Å². The lowest BCUT2D eigenvalue weighted by molar-refractivity contribution is -0.148. The summed E-state index contributed by atoms with van der Waals surface area (Å²) >= 11 is 0. The maximum atomic E-state index is 11.9. The molecule has 20 heavy (non-hydrogen) atoms. The summed E-state index contributed by atoms with van der Waals surface area (Å²) in [7, 11) is 0. The van der Waals surface area contributed by atoms with Crippen molar-refractivity contribution in [2.75, 3.05) is 0 Å². The average Bonchev–Trinajstić information content (AvgIpc) is 2.40. The molecular formula is C12H17N3O5. The molecule has 3 N–H and O–H groups in total. The van der Waals surface area contributed by atoms with E-state index in [9.17, 15) is 24.3 Å². The van der Waals surface area contributed by atoms with E-state index in [2.05, 4.69) is 10.4 Å². The first-order valence-corrected chi connectivity index (χ1v) is 6.19. The number of carbonyl (C=O) groups is 2. The SMILES string of the molecule is CCC(CC)(NC(=O)Cn1[nH]c(=O)ccc1=O)C(=O)O. The third-order valence-corrected chi connectivity index (χ3v) is 3.19. The second-order valence-corrected chi connectivity index (χ2v) is 4.38. The number of aliphatic carboxylic acids is 1. The lowest BCUT2D eigenvalue weighted by atomic mass is 9.93. The highest BCUT2D eigenvalue weighted by Crippen LogP contribution is 2.15. The van der Waals surface area contributed by atoms with Crippen molar-refractivity contribution in [1.29, 1.82) is 0 Å². The van der Waals surface area contributed by atoms with Crippen LogP contribution < -0.4 is 16.4 Å². The fourth-order valence-corrected chi connectivity index (χ4v) is 1.81. The maximum Gasteiger partial charge on any atom is 0.329 e. The van der Waals surface area contributed by atoms with Crippen LogP contribution in [0.3, 0.4) is 0 Å². The molecule has 0 aliphatic carbocycles. The number of hydrogen-bond acceptors (Lipinski definition) is 4. The minimum absolute atomic E-state index is 0.213. The van der Waals surface area contributed by atoms with Crippen molar-refractivity contribution < 1.29 is 14.7 Å². The monoisotopic (exact) mass is 283 g/mol. The molecule has 0 saturated carbocycles. The quantitative estimate of drug-likeness (QED) is 0.637. The lowest BCUT2D eigenvalue weighted by Crippen LogP contribution is -2.55. The van der Waals surface area contributed by atoms with Gasteiger partial charge in [0.05, 0.1) is 0 Å². The van der Waals surface area contributed by atoms with E-state index in [1.54, 1.807) is 13.8 Å². The van der Waals surface area contributed by atoms with E-state index < -0.39 is 35.1 Å². The fraction of sp³-hybridized carbons (Fsp3) is 0.500. The Hall–Kier alpha value is -2.38. The van der Waals surface area contributed by atoms with E-state index in [-0.39, 0.29) is 12.8 Å². The Morgan fingerprint density at radius 2 is 1.90 bits per heavy atom. The Bertz CT molecular complexity index is 612. The summed E-state index contributed by atoms with van der Waals surface area (Å²) in [5.41, 5.74) is -2.43. The number of carboxylic acid groups (broad SMARTS) is 1. The van der Waals surface area contributed by atoms with Crippen molar-refractivity contribution in [3.05, 3.63) is 32.8 Å². The highest BCUT2D eigenvalue weighted by atomic mass is 16.4. The summed E-state index contributed by atoms with van der Waals surface area (Å²) in [5.74, 6) is -1.79. The molecule has 8 heteroatoms. The van der Waals surface area contributed by atoms with Gasteiger partial charge in [0.1, 0.15) is 12.1 Å². The molecule has 8 nitrogen and oxygen atoms in total. The Morgan fingerprint density at radius 3 is 2.40 bits per heavy atom. The van der Waals surface area contributed by atoms with E-state index in [1.807, 2.05) is 0 Å². The minimum atomic E-state index is -1.37. The Morgan fingerprint density at radius 1 is 1.30 bits per heavy atom. The predicted octanol–water partition coefficient (Wildman–Crippen LogP) is -0.704. The number of nitrogens with zero attached hydrogens (tertiary/aromatic N) is 1. The van der Waals surface area contributed by atoms with Gasteiger partial charge in [0.25, 0.3) is 11.1 Å². The van der Waals surface area contributed by atoms with E-state index >= 15 is 0 Å². The van der Waals surface area contributed by atoms with Gasteiger partial charge in [-0.15, -0.1) is 0 Å².